The standard InChI is InChI=1S/C17H15N3O2/c1-10-7-8-13-12(9-10)17(16(22)18-13)19-15(21)11-5-3-4-6-14(11)20(17)2/h3-9H,1-2H3,(H,18,22)(H,19,21)/t17-/m1/s1. The molecule has 1 spiro atoms. The van der Waals surface area contributed by atoms with Crippen molar-refractivity contribution >= 4 is 23.2 Å². The minimum Gasteiger partial charge on any atom is -0.340 e. The van der Waals surface area contributed by atoms with Crippen LogP contribution in [0.25, 0.3) is 0 Å². The molecule has 0 aliphatic carbocycles. The van der Waals surface area contributed by atoms with Crippen LogP contribution in [0.4, 0.5) is 11.4 Å². The van der Waals surface area contributed by atoms with Crippen molar-refractivity contribution in [1.82, 2.24) is 5.32 Å². The second-order valence-electron chi connectivity index (χ2n) is 5.74. The predicted octanol–water partition coefficient (Wildman–Crippen LogP) is 1.98. The fraction of sp³-hybridized carbons (Fsp3) is 0.176. The van der Waals surface area contributed by atoms with Crippen molar-refractivity contribution in [2.24, 2.45) is 0 Å². The first kappa shape index (κ1) is 12.9. The molecule has 2 aromatic rings. The van der Waals surface area contributed by atoms with Crippen LogP contribution < -0.4 is 15.5 Å². The molecule has 2 aliphatic rings. The third-order valence-electron chi connectivity index (χ3n) is 4.45. The van der Waals surface area contributed by atoms with Gasteiger partial charge in [0.15, 0.2) is 0 Å². The SMILES string of the molecule is Cc1ccc2c(c1)[C@]1(NC(=O)c3ccccc3N1C)C(=O)N2. The molecule has 110 valence electrons. The van der Waals surface area contributed by atoms with Crippen molar-refractivity contribution in [3.8, 4) is 0 Å². The molecular formula is C17H15N3O2. The normalized spacial score (nSPS) is 22.2. The van der Waals surface area contributed by atoms with Crippen molar-refractivity contribution < 1.29 is 9.59 Å². The highest BCUT2D eigenvalue weighted by Gasteiger charge is 2.54. The number of fused-ring (bicyclic) bond motifs is 3. The highest BCUT2D eigenvalue weighted by molar-refractivity contribution is 6.14. The number of carbonyl (C=O) groups excluding carboxylic acids is 2. The second-order valence-corrected chi connectivity index (χ2v) is 5.74. The van der Waals surface area contributed by atoms with Crippen LogP contribution in [0.3, 0.4) is 0 Å². The Morgan fingerprint density at radius 2 is 1.86 bits per heavy atom. The summed E-state index contributed by atoms with van der Waals surface area (Å²) in [5, 5.41) is 5.78. The summed E-state index contributed by atoms with van der Waals surface area (Å²) in [5.74, 6) is -0.475. The Morgan fingerprint density at radius 1 is 1.09 bits per heavy atom. The number of nitrogens with one attached hydrogen (secondary N) is 2. The number of amides is 2. The molecule has 1 atom stereocenters. The van der Waals surface area contributed by atoms with E-state index in [1.165, 1.54) is 0 Å². The number of hydrogen-bond acceptors (Lipinski definition) is 3. The smallest absolute Gasteiger partial charge is 0.276 e. The maximum absolute atomic E-state index is 12.7. The topological polar surface area (TPSA) is 61.4 Å². The predicted molar refractivity (Wildman–Crippen MR) is 83.8 cm³/mol. The minimum atomic E-state index is -1.19. The summed E-state index contributed by atoms with van der Waals surface area (Å²) in [6.07, 6.45) is 0. The third kappa shape index (κ3) is 1.43. The van der Waals surface area contributed by atoms with Gasteiger partial charge < -0.3 is 15.5 Å². The molecule has 0 saturated heterocycles. The van der Waals surface area contributed by atoms with E-state index in [2.05, 4.69) is 10.6 Å². The van der Waals surface area contributed by atoms with Gasteiger partial charge in [0.1, 0.15) is 0 Å². The molecule has 2 amide bonds. The average Bonchev–Trinajstić information content (AvgIpc) is 2.78. The summed E-state index contributed by atoms with van der Waals surface area (Å²) in [6.45, 7) is 1.97. The zero-order chi connectivity index (χ0) is 15.5. The minimum absolute atomic E-state index is 0.238. The highest BCUT2D eigenvalue weighted by Crippen LogP contribution is 2.43. The van der Waals surface area contributed by atoms with E-state index in [0.29, 0.717) is 5.56 Å². The van der Waals surface area contributed by atoms with Gasteiger partial charge in [-0.1, -0.05) is 23.8 Å². The molecule has 0 radical (unpaired) electrons. The van der Waals surface area contributed by atoms with Gasteiger partial charge in [-0.2, -0.15) is 0 Å². The van der Waals surface area contributed by atoms with E-state index in [0.717, 1.165) is 22.5 Å². The van der Waals surface area contributed by atoms with Gasteiger partial charge in [0.25, 0.3) is 11.8 Å². The molecule has 0 saturated carbocycles. The van der Waals surface area contributed by atoms with E-state index in [-0.39, 0.29) is 11.8 Å². The first-order valence-corrected chi connectivity index (χ1v) is 7.12. The van der Waals surface area contributed by atoms with Crippen molar-refractivity contribution in [3.05, 3.63) is 59.2 Å². The highest BCUT2D eigenvalue weighted by atomic mass is 16.2. The molecule has 0 unspecified atom stereocenters. The quantitative estimate of drug-likeness (QED) is 0.781. The molecule has 0 fully saturated rings. The van der Waals surface area contributed by atoms with Crippen molar-refractivity contribution in [1.29, 1.82) is 0 Å². The van der Waals surface area contributed by atoms with Crippen molar-refractivity contribution in [3.63, 3.8) is 0 Å². The molecule has 22 heavy (non-hydrogen) atoms. The van der Waals surface area contributed by atoms with Gasteiger partial charge in [0, 0.05) is 18.3 Å². The van der Waals surface area contributed by atoms with Gasteiger partial charge in [-0.25, -0.2) is 0 Å². The molecule has 2 N–H and O–H groups in total. The zero-order valence-corrected chi connectivity index (χ0v) is 12.3. The lowest BCUT2D eigenvalue weighted by molar-refractivity contribution is -0.121. The van der Waals surface area contributed by atoms with Gasteiger partial charge in [0.2, 0.25) is 5.66 Å². The van der Waals surface area contributed by atoms with Gasteiger partial charge in [-0.05, 0) is 31.2 Å². The van der Waals surface area contributed by atoms with E-state index in [1.54, 1.807) is 6.07 Å². The lowest BCUT2D eigenvalue weighted by atomic mass is 9.92. The second kappa shape index (κ2) is 4.10. The van der Waals surface area contributed by atoms with Crippen LogP contribution in [-0.2, 0) is 10.5 Å². The Labute approximate surface area is 127 Å². The number of para-hydroxylation sites is 1. The summed E-state index contributed by atoms with van der Waals surface area (Å²) in [7, 11) is 1.83. The summed E-state index contributed by atoms with van der Waals surface area (Å²) >= 11 is 0. The molecule has 0 bridgehead atoms. The maximum Gasteiger partial charge on any atom is 0.276 e. The first-order valence-electron chi connectivity index (χ1n) is 7.12. The van der Waals surface area contributed by atoms with Crippen LogP contribution in [0.1, 0.15) is 21.5 Å². The summed E-state index contributed by atoms with van der Waals surface area (Å²) in [4.78, 5) is 27.1. The molecule has 0 aromatic heterocycles. The summed E-state index contributed by atoms with van der Waals surface area (Å²) < 4.78 is 0. The van der Waals surface area contributed by atoms with E-state index in [1.807, 2.05) is 55.3 Å². The molecule has 2 aromatic carbocycles. The van der Waals surface area contributed by atoms with Crippen LogP contribution >= 0.6 is 0 Å². The van der Waals surface area contributed by atoms with E-state index < -0.39 is 5.66 Å². The van der Waals surface area contributed by atoms with Gasteiger partial charge in [-0.3, -0.25) is 9.59 Å². The van der Waals surface area contributed by atoms with Crippen molar-refractivity contribution in [2.75, 3.05) is 17.3 Å². The van der Waals surface area contributed by atoms with Crippen LogP contribution in [0, 0.1) is 6.92 Å². The molecule has 2 heterocycles. The molecule has 5 nitrogen and oxygen atoms in total. The third-order valence-corrected chi connectivity index (χ3v) is 4.45. The Hall–Kier alpha value is -2.82. The number of carbonyl (C=O) groups is 2. The Kier molecular flexibility index (Phi) is 2.40. The molecule has 4 rings (SSSR count). The summed E-state index contributed by atoms with van der Waals surface area (Å²) in [5.41, 5.74) is 2.69. The number of benzene rings is 2. The Bertz CT molecular complexity index is 830. The number of hydrogen-bond donors (Lipinski definition) is 2. The Morgan fingerprint density at radius 3 is 2.68 bits per heavy atom. The van der Waals surface area contributed by atoms with E-state index in [4.69, 9.17) is 0 Å². The number of anilines is 2. The van der Waals surface area contributed by atoms with Crippen LogP contribution in [0.15, 0.2) is 42.5 Å². The van der Waals surface area contributed by atoms with Crippen LogP contribution in [0.2, 0.25) is 0 Å². The lowest BCUT2D eigenvalue weighted by Crippen LogP contribution is -2.64. The van der Waals surface area contributed by atoms with E-state index in [9.17, 15) is 9.59 Å². The van der Waals surface area contributed by atoms with Crippen LogP contribution in [-0.4, -0.2) is 18.9 Å². The van der Waals surface area contributed by atoms with Gasteiger partial charge >= 0.3 is 0 Å². The zero-order valence-electron chi connectivity index (χ0n) is 12.3. The van der Waals surface area contributed by atoms with Gasteiger partial charge in [-0.15, -0.1) is 0 Å². The van der Waals surface area contributed by atoms with Crippen molar-refractivity contribution in [2.45, 2.75) is 12.6 Å². The number of rotatable bonds is 0. The first-order chi connectivity index (χ1) is 10.5. The van der Waals surface area contributed by atoms with Gasteiger partial charge in [0.05, 0.1) is 11.3 Å². The van der Waals surface area contributed by atoms with E-state index >= 15 is 0 Å². The number of likely N-dealkylation sites (N-methyl/N-ethyl adjacent to an activating group) is 1. The Balaban J connectivity index is 1.99. The number of aryl methyl sites for hydroxylation is 1. The number of nitrogens with zero attached hydrogens (tertiary/aromatic N) is 1. The average molecular weight is 293 g/mol. The molecular weight excluding hydrogens is 278 g/mol. The fourth-order valence-electron chi connectivity index (χ4n) is 3.31. The summed E-state index contributed by atoms with van der Waals surface area (Å²) in [6, 6.07) is 13.1. The molecule has 2 aliphatic heterocycles. The fourth-order valence-corrected chi connectivity index (χ4v) is 3.31. The van der Waals surface area contributed by atoms with Crippen LogP contribution in [0.5, 0.6) is 0 Å². The molecule has 5 heteroatoms. The maximum atomic E-state index is 12.7. The largest absolute Gasteiger partial charge is 0.340 e. The lowest BCUT2D eigenvalue weighted by Gasteiger charge is -2.43. The monoisotopic (exact) mass is 293 g/mol.